The van der Waals surface area contributed by atoms with E-state index < -0.39 is 9.84 Å². The molecule has 0 aromatic heterocycles. The molecule has 1 N–H and O–H groups in total. The topological polar surface area (TPSA) is 49.4 Å². The summed E-state index contributed by atoms with van der Waals surface area (Å²) in [5.41, 5.74) is 2.66. The van der Waals surface area contributed by atoms with Crippen LogP contribution in [0.15, 0.2) is 24.3 Å². The highest BCUT2D eigenvalue weighted by Gasteiger charge is 2.19. The molecule has 1 aromatic carbocycles. The average molecular weight is 310 g/mol. The fourth-order valence-electron chi connectivity index (χ4n) is 2.35. The first-order valence-electron chi connectivity index (χ1n) is 7.60. The minimum absolute atomic E-state index is 0.217. The molecule has 1 aliphatic carbocycles. The van der Waals surface area contributed by atoms with Crippen LogP contribution in [0.2, 0.25) is 0 Å². The average Bonchev–Trinajstić information content (AvgIpc) is 3.22. The van der Waals surface area contributed by atoms with E-state index in [4.69, 9.17) is 0 Å². The van der Waals surface area contributed by atoms with E-state index in [1.165, 1.54) is 30.2 Å². The maximum atomic E-state index is 11.2. The van der Waals surface area contributed by atoms with Crippen molar-refractivity contribution in [3.8, 4) is 0 Å². The van der Waals surface area contributed by atoms with Gasteiger partial charge in [0, 0.05) is 25.4 Å². The third-order valence-electron chi connectivity index (χ3n) is 3.81. The second-order valence-electron chi connectivity index (χ2n) is 6.11. The Balaban J connectivity index is 1.85. The van der Waals surface area contributed by atoms with Gasteiger partial charge in [0.05, 0.1) is 5.75 Å². The number of rotatable bonds is 9. The third kappa shape index (κ3) is 6.59. The summed E-state index contributed by atoms with van der Waals surface area (Å²) in [5.74, 6) is 0.217. The van der Waals surface area contributed by atoms with Gasteiger partial charge in [-0.2, -0.15) is 0 Å². The number of benzene rings is 1. The second kappa shape index (κ2) is 7.38. The van der Waals surface area contributed by atoms with Gasteiger partial charge in [0.15, 0.2) is 0 Å². The van der Waals surface area contributed by atoms with Crippen LogP contribution in [-0.4, -0.2) is 51.5 Å². The maximum Gasteiger partial charge on any atom is 0.148 e. The van der Waals surface area contributed by atoms with E-state index >= 15 is 0 Å². The van der Waals surface area contributed by atoms with Gasteiger partial charge in [-0.05, 0) is 44.0 Å². The van der Waals surface area contributed by atoms with E-state index in [0.29, 0.717) is 6.54 Å². The Morgan fingerprint density at radius 3 is 2.52 bits per heavy atom. The van der Waals surface area contributed by atoms with Crippen LogP contribution in [0, 0.1) is 0 Å². The van der Waals surface area contributed by atoms with Gasteiger partial charge in [-0.25, -0.2) is 8.42 Å². The summed E-state index contributed by atoms with van der Waals surface area (Å²) in [7, 11) is -0.913. The lowest BCUT2D eigenvalue weighted by atomic mass is 10.0. The van der Waals surface area contributed by atoms with Crippen LogP contribution >= 0.6 is 0 Å². The van der Waals surface area contributed by atoms with Crippen molar-refractivity contribution in [1.82, 2.24) is 10.2 Å². The van der Waals surface area contributed by atoms with Crippen LogP contribution < -0.4 is 5.32 Å². The Labute approximate surface area is 128 Å². The lowest BCUT2D eigenvalue weighted by molar-refractivity contribution is 0.345. The molecule has 0 saturated heterocycles. The summed E-state index contributed by atoms with van der Waals surface area (Å²) in [4.78, 5) is 2.08. The van der Waals surface area contributed by atoms with Crippen LogP contribution in [0.3, 0.4) is 0 Å². The summed E-state index contributed by atoms with van der Waals surface area (Å²) in [6.45, 7) is 2.40. The standard InChI is InChI=1S/C16H26N2O2S/c1-18(11-12-21(2,19)20)13-15-6-4-3-5-14(15)9-10-17-16-7-8-16/h3-6,16-17H,7-13H2,1-2H3. The predicted molar refractivity (Wildman–Crippen MR) is 87.2 cm³/mol. The Kier molecular flexibility index (Phi) is 5.79. The number of sulfone groups is 1. The molecule has 1 aromatic rings. The van der Waals surface area contributed by atoms with Gasteiger partial charge in [0.2, 0.25) is 0 Å². The quantitative estimate of drug-likeness (QED) is 0.750. The van der Waals surface area contributed by atoms with Gasteiger partial charge in [-0.3, -0.25) is 0 Å². The molecule has 0 atom stereocenters. The maximum absolute atomic E-state index is 11.2. The summed E-state index contributed by atoms with van der Waals surface area (Å²) in [5, 5.41) is 3.54. The Hall–Kier alpha value is -0.910. The summed E-state index contributed by atoms with van der Waals surface area (Å²) < 4.78 is 22.5. The normalized spacial score (nSPS) is 15.6. The van der Waals surface area contributed by atoms with E-state index in [9.17, 15) is 8.42 Å². The highest BCUT2D eigenvalue weighted by atomic mass is 32.2. The summed E-state index contributed by atoms with van der Waals surface area (Å²) in [6.07, 6.45) is 4.96. The third-order valence-corrected chi connectivity index (χ3v) is 4.73. The van der Waals surface area contributed by atoms with Crippen LogP contribution in [0.25, 0.3) is 0 Å². The van der Waals surface area contributed by atoms with Crippen LogP contribution in [0.4, 0.5) is 0 Å². The molecule has 1 aliphatic rings. The molecule has 118 valence electrons. The van der Waals surface area contributed by atoms with Crippen molar-refractivity contribution >= 4 is 9.84 Å². The van der Waals surface area contributed by atoms with E-state index in [1.807, 2.05) is 7.05 Å². The van der Waals surface area contributed by atoms with Crippen LogP contribution in [0.5, 0.6) is 0 Å². The molecule has 4 nitrogen and oxygen atoms in total. The van der Waals surface area contributed by atoms with Gasteiger partial charge in [0.25, 0.3) is 0 Å². The molecule has 0 aliphatic heterocycles. The Bertz CT molecular complexity index is 553. The van der Waals surface area contributed by atoms with Crippen molar-refractivity contribution < 1.29 is 8.42 Å². The van der Waals surface area contributed by atoms with Gasteiger partial charge < -0.3 is 10.2 Å². The highest BCUT2D eigenvalue weighted by molar-refractivity contribution is 7.90. The van der Waals surface area contributed by atoms with E-state index in [2.05, 4.69) is 34.5 Å². The zero-order chi connectivity index (χ0) is 15.3. The number of nitrogens with zero attached hydrogens (tertiary/aromatic N) is 1. The minimum atomic E-state index is -2.89. The van der Waals surface area contributed by atoms with Crippen molar-refractivity contribution in [3.05, 3.63) is 35.4 Å². The number of hydrogen-bond acceptors (Lipinski definition) is 4. The number of hydrogen-bond donors (Lipinski definition) is 1. The fourth-order valence-corrected chi connectivity index (χ4v) is 2.99. The molecule has 0 spiro atoms. The van der Waals surface area contributed by atoms with Crippen LogP contribution in [-0.2, 0) is 22.8 Å². The smallest absolute Gasteiger partial charge is 0.148 e. The molecule has 0 unspecified atom stereocenters. The first-order chi connectivity index (χ1) is 9.94. The largest absolute Gasteiger partial charge is 0.314 e. The molecule has 21 heavy (non-hydrogen) atoms. The highest BCUT2D eigenvalue weighted by Crippen LogP contribution is 2.19. The lowest BCUT2D eigenvalue weighted by Crippen LogP contribution is -2.26. The van der Waals surface area contributed by atoms with Gasteiger partial charge in [-0.1, -0.05) is 24.3 Å². The monoisotopic (exact) mass is 310 g/mol. The first kappa shape index (κ1) is 16.5. The molecule has 5 heteroatoms. The zero-order valence-corrected chi connectivity index (χ0v) is 13.8. The van der Waals surface area contributed by atoms with Crippen molar-refractivity contribution in [2.45, 2.75) is 31.8 Å². The van der Waals surface area contributed by atoms with Crippen molar-refractivity contribution in [1.29, 1.82) is 0 Å². The van der Waals surface area contributed by atoms with E-state index in [1.54, 1.807) is 0 Å². The first-order valence-corrected chi connectivity index (χ1v) is 9.66. The van der Waals surface area contributed by atoms with Crippen molar-refractivity contribution in [2.24, 2.45) is 0 Å². The van der Waals surface area contributed by atoms with Gasteiger partial charge in [-0.15, -0.1) is 0 Å². The molecule has 0 radical (unpaired) electrons. The van der Waals surface area contributed by atoms with Gasteiger partial charge >= 0.3 is 0 Å². The van der Waals surface area contributed by atoms with Gasteiger partial charge in [0.1, 0.15) is 9.84 Å². The molecule has 0 heterocycles. The molecule has 2 rings (SSSR count). The summed E-state index contributed by atoms with van der Waals surface area (Å²) >= 11 is 0. The molecule has 0 amide bonds. The molecular formula is C16H26N2O2S. The van der Waals surface area contributed by atoms with Crippen LogP contribution in [0.1, 0.15) is 24.0 Å². The SMILES string of the molecule is CN(CCS(C)(=O)=O)Cc1ccccc1CCNC1CC1. The summed E-state index contributed by atoms with van der Waals surface area (Å²) in [6, 6.07) is 9.19. The zero-order valence-electron chi connectivity index (χ0n) is 13.0. The minimum Gasteiger partial charge on any atom is -0.314 e. The fraction of sp³-hybridized carbons (Fsp3) is 0.625. The Morgan fingerprint density at radius 2 is 1.90 bits per heavy atom. The second-order valence-corrected chi connectivity index (χ2v) is 8.37. The van der Waals surface area contributed by atoms with E-state index in [-0.39, 0.29) is 5.75 Å². The van der Waals surface area contributed by atoms with Crippen molar-refractivity contribution in [2.75, 3.05) is 32.1 Å². The van der Waals surface area contributed by atoms with Crippen molar-refractivity contribution in [3.63, 3.8) is 0 Å². The molecule has 1 saturated carbocycles. The lowest BCUT2D eigenvalue weighted by Gasteiger charge is -2.18. The Morgan fingerprint density at radius 1 is 1.24 bits per heavy atom. The predicted octanol–water partition coefficient (Wildman–Crippen LogP) is 1.46. The molecular weight excluding hydrogens is 284 g/mol. The molecule has 0 bridgehead atoms. The molecule has 1 fully saturated rings. The van der Waals surface area contributed by atoms with E-state index in [0.717, 1.165) is 25.6 Å². The number of nitrogens with one attached hydrogen (secondary N) is 1.